The highest BCUT2D eigenvalue weighted by Crippen LogP contribution is 2.37. The summed E-state index contributed by atoms with van der Waals surface area (Å²) < 4.78 is 35.3. The Hall–Kier alpha value is -3.28. The van der Waals surface area contributed by atoms with E-state index in [1.54, 1.807) is 25.2 Å². The first kappa shape index (κ1) is 32.1. The normalized spacial score (nSPS) is 15.4. The highest BCUT2D eigenvalue weighted by Gasteiger charge is 2.41. The zero-order chi connectivity index (χ0) is 31.8. The van der Waals surface area contributed by atoms with Crippen LogP contribution in [-0.4, -0.2) is 53.1 Å². The summed E-state index contributed by atoms with van der Waals surface area (Å²) >= 11 is 18.3. The number of carbonyl (C=O) groups excluding carboxylic acids is 1. The number of nitrogens with two attached hydrogens (primary N) is 1. The Morgan fingerprint density at radius 1 is 1.14 bits per heavy atom. The third kappa shape index (κ3) is 6.41. The number of sulfonamides is 1. The number of hydrogen-bond acceptors (Lipinski definition) is 6. The number of para-hydroxylation sites is 1. The minimum Gasteiger partial charge on any atom is -0.487 e. The van der Waals surface area contributed by atoms with Gasteiger partial charge in [0.05, 0.1) is 5.02 Å². The van der Waals surface area contributed by atoms with E-state index in [0.717, 1.165) is 27.8 Å². The number of benzene rings is 3. The molecule has 4 aromatic rings. The number of ether oxygens (including phenoxy) is 1. The first-order chi connectivity index (χ1) is 20.9. The van der Waals surface area contributed by atoms with Gasteiger partial charge in [0.1, 0.15) is 33.8 Å². The van der Waals surface area contributed by atoms with Gasteiger partial charge in [-0.15, -0.1) is 0 Å². The van der Waals surface area contributed by atoms with Crippen LogP contribution in [0.15, 0.2) is 65.6 Å². The number of hydrogen-bond donors (Lipinski definition) is 1. The summed E-state index contributed by atoms with van der Waals surface area (Å²) in [6.45, 7) is 4.34. The summed E-state index contributed by atoms with van der Waals surface area (Å²) in [5.74, 6) is 0.232. The van der Waals surface area contributed by atoms with Crippen LogP contribution in [0.1, 0.15) is 40.8 Å². The molecule has 0 unspecified atom stereocenters. The lowest BCUT2D eigenvalue weighted by molar-refractivity contribution is -0.133. The van der Waals surface area contributed by atoms with E-state index in [0.29, 0.717) is 41.2 Å². The molecule has 0 spiro atoms. The summed E-state index contributed by atoms with van der Waals surface area (Å²) in [6, 6.07) is 16.9. The number of halogens is 2. The van der Waals surface area contributed by atoms with Crippen LogP contribution in [0, 0.1) is 13.8 Å². The molecule has 5 rings (SSSR count). The maximum atomic E-state index is 14.0. The van der Waals surface area contributed by atoms with Gasteiger partial charge in [0, 0.05) is 47.4 Å². The molecule has 1 aliphatic heterocycles. The Morgan fingerprint density at radius 3 is 2.57 bits per heavy atom. The molecule has 2 heterocycles. The number of thiocarbonyl (C=S) groups is 1. The fourth-order valence-electron chi connectivity index (χ4n) is 5.51. The van der Waals surface area contributed by atoms with Crippen molar-refractivity contribution in [1.29, 1.82) is 0 Å². The highest BCUT2D eigenvalue weighted by molar-refractivity contribution is 7.89. The van der Waals surface area contributed by atoms with Gasteiger partial charge >= 0.3 is 0 Å². The first-order valence-electron chi connectivity index (χ1n) is 14.0. The Balaban J connectivity index is 1.37. The maximum absolute atomic E-state index is 14.0. The Bertz CT molecular complexity index is 1870. The van der Waals surface area contributed by atoms with Crippen molar-refractivity contribution in [3.63, 3.8) is 0 Å². The van der Waals surface area contributed by atoms with E-state index in [9.17, 15) is 13.2 Å². The van der Waals surface area contributed by atoms with Gasteiger partial charge in [0.25, 0.3) is 0 Å². The molecule has 230 valence electrons. The van der Waals surface area contributed by atoms with Gasteiger partial charge in [-0.1, -0.05) is 71.8 Å². The Kier molecular flexibility index (Phi) is 9.48. The number of pyridine rings is 1. The first-order valence-corrected chi connectivity index (χ1v) is 16.6. The predicted molar refractivity (Wildman–Crippen MR) is 178 cm³/mol. The van der Waals surface area contributed by atoms with Gasteiger partial charge in [-0.3, -0.25) is 4.79 Å². The number of nitrogens with zero attached hydrogens (tertiary/aromatic N) is 3. The lowest BCUT2D eigenvalue weighted by atomic mass is 10.1. The molecule has 1 amide bonds. The van der Waals surface area contributed by atoms with Gasteiger partial charge in [0.2, 0.25) is 15.9 Å². The van der Waals surface area contributed by atoms with Crippen LogP contribution in [0.25, 0.3) is 10.9 Å². The van der Waals surface area contributed by atoms with Crippen LogP contribution in [-0.2, 0) is 28.0 Å². The van der Waals surface area contributed by atoms with Crippen molar-refractivity contribution in [3.8, 4) is 5.75 Å². The summed E-state index contributed by atoms with van der Waals surface area (Å²) in [5, 5.41) is 1.18. The van der Waals surface area contributed by atoms with E-state index in [1.807, 2.05) is 44.2 Å². The summed E-state index contributed by atoms with van der Waals surface area (Å²) in [6.07, 6.45) is 0.942. The molecule has 1 saturated heterocycles. The molecular formula is C32H32Cl2N4O4S2. The van der Waals surface area contributed by atoms with Crippen LogP contribution >= 0.6 is 35.4 Å². The van der Waals surface area contributed by atoms with Gasteiger partial charge < -0.3 is 15.4 Å². The molecule has 1 aliphatic rings. The highest BCUT2D eigenvalue weighted by atomic mass is 35.5. The van der Waals surface area contributed by atoms with Gasteiger partial charge in [-0.25, -0.2) is 13.4 Å². The van der Waals surface area contributed by atoms with Crippen LogP contribution in [0.5, 0.6) is 5.75 Å². The van der Waals surface area contributed by atoms with E-state index in [1.165, 1.54) is 21.3 Å². The zero-order valence-corrected chi connectivity index (χ0v) is 27.7. The molecule has 0 aliphatic carbocycles. The molecule has 2 N–H and O–H groups in total. The van der Waals surface area contributed by atoms with E-state index in [2.05, 4.69) is 4.98 Å². The molecule has 1 aromatic heterocycles. The molecular weight excluding hydrogens is 639 g/mol. The fourth-order valence-corrected chi connectivity index (χ4v) is 8.16. The number of carbonyl (C=O) groups is 1. The Morgan fingerprint density at radius 2 is 1.86 bits per heavy atom. The molecule has 1 atom stereocenters. The standard InChI is InChI=1S/C32H32Cl2N4O4S2/c1-19-16-20(2)36-30-23(19)6-4-8-27(30)42-18-24-25(33)13-14-28(29(24)34)44(40,41)38-15-5-7-26(38)32(39)37(3)17-21-9-11-22(12-10-21)31(35)43/h4,6,8-14,16,26H,5,7,15,17-18H2,1-3H3,(H2,35,43)/t26-/m0/s1. The molecule has 0 saturated carbocycles. The van der Waals surface area contributed by atoms with Crippen molar-refractivity contribution >= 4 is 67.2 Å². The number of fused-ring (bicyclic) bond motifs is 1. The number of amides is 1. The van der Waals surface area contributed by atoms with Crippen LogP contribution in [0.4, 0.5) is 0 Å². The lowest BCUT2D eigenvalue weighted by Gasteiger charge is -2.28. The van der Waals surface area contributed by atoms with Crippen molar-refractivity contribution in [2.45, 2.75) is 50.8 Å². The summed E-state index contributed by atoms with van der Waals surface area (Å²) in [5.41, 5.74) is 10.2. The second-order valence-electron chi connectivity index (χ2n) is 10.9. The Labute approximate surface area is 272 Å². The molecule has 44 heavy (non-hydrogen) atoms. The second kappa shape index (κ2) is 13.0. The van der Waals surface area contributed by atoms with Gasteiger partial charge in [-0.05, 0) is 62.1 Å². The minimum atomic E-state index is -4.15. The van der Waals surface area contributed by atoms with Gasteiger partial charge in [-0.2, -0.15) is 4.31 Å². The predicted octanol–water partition coefficient (Wildman–Crippen LogP) is 6.18. The average molecular weight is 672 g/mol. The van der Waals surface area contributed by atoms with Crippen LogP contribution in [0.2, 0.25) is 10.0 Å². The quantitative estimate of drug-likeness (QED) is 0.212. The lowest BCUT2D eigenvalue weighted by Crippen LogP contribution is -2.46. The van der Waals surface area contributed by atoms with Crippen LogP contribution < -0.4 is 10.5 Å². The van der Waals surface area contributed by atoms with Crippen molar-refractivity contribution in [2.24, 2.45) is 5.73 Å². The molecule has 0 bridgehead atoms. The minimum absolute atomic E-state index is 0.0394. The van der Waals surface area contributed by atoms with E-state index in [-0.39, 0.29) is 34.0 Å². The third-order valence-electron chi connectivity index (χ3n) is 7.77. The van der Waals surface area contributed by atoms with Gasteiger partial charge in [0.15, 0.2) is 0 Å². The molecule has 0 radical (unpaired) electrons. The number of likely N-dealkylation sites (N-methyl/N-ethyl adjacent to an activating group) is 1. The zero-order valence-electron chi connectivity index (χ0n) is 24.5. The fraction of sp³-hybridized carbons (Fsp3) is 0.281. The smallest absolute Gasteiger partial charge is 0.245 e. The van der Waals surface area contributed by atoms with Crippen molar-refractivity contribution < 1.29 is 17.9 Å². The van der Waals surface area contributed by atoms with E-state index >= 15 is 0 Å². The van der Waals surface area contributed by atoms with E-state index < -0.39 is 16.1 Å². The van der Waals surface area contributed by atoms with Crippen molar-refractivity contribution in [3.05, 3.63) is 98.7 Å². The van der Waals surface area contributed by atoms with Crippen molar-refractivity contribution in [2.75, 3.05) is 13.6 Å². The van der Waals surface area contributed by atoms with Crippen LogP contribution in [0.3, 0.4) is 0 Å². The maximum Gasteiger partial charge on any atom is 0.245 e. The summed E-state index contributed by atoms with van der Waals surface area (Å²) in [7, 11) is -2.50. The molecule has 3 aromatic carbocycles. The number of aryl methyl sites for hydroxylation is 2. The third-order valence-corrected chi connectivity index (χ3v) is 10.9. The molecule has 1 fully saturated rings. The molecule has 12 heteroatoms. The number of rotatable bonds is 9. The molecule has 8 nitrogen and oxygen atoms in total. The van der Waals surface area contributed by atoms with E-state index in [4.69, 9.17) is 45.9 Å². The SMILES string of the molecule is Cc1cc(C)c2cccc(OCc3c(Cl)ccc(S(=O)(=O)N4CCC[C@H]4C(=O)N(C)Cc4ccc(C(N)=S)cc4)c3Cl)c2n1. The monoisotopic (exact) mass is 670 g/mol. The second-order valence-corrected chi connectivity index (χ2v) is 14.0. The largest absolute Gasteiger partial charge is 0.487 e. The average Bonchev–Trinajstić information content (AvgIpc) is 3.48. The topological polar surface area (TPSA) is 106 Å². The number of aromatic nitrogens is 1. The van der Waals surface area contributed by atoms with Crippen molar-refractivity contribution in [1.82, 2.24) is 14.2 Å². The summed E-state index contributed by atoms with van der Waals surface area (Å²) in [4.78, 5) is 19.9.